The van der Waals surface area contributed by atoms with Gasteiger partial charge in [0.05, 0.1) is 4.90 Å². The largest absolute Gasteiger partial charge is 0.383 e. The smallest absolute Gasteiger partial charge is 0.284 e. The summed E-state index contributed by atoms with van der Waals surface area (Å²) in [6.07, 6.45) is 0. The first-order valence-corrected chi connectivity index (χ1v) is 6.84. The number of benzene rings is 2. The molecule has 4 nitrogen and oxygen atoms in total. The van der Waals surface area contributed by atoms with E-state index < -0.39 is 15.8 Å². The highest BCUT2D eigenvalue weighted by Gasteiger charge is 2.13. The van der Waals surface area contributed by atoms with Gasteiger partial charge in [-0.15, -0.1) is 4.40 Å². The number of nitrogens with zero attached hydrogens (tertiary/aromatic N) is 1. The molecule has 0 aliphatic carbocycles. The Morgan fingerprint density at radius 3 is 2.16 bits per heavy atom. The standard InChI is InChI=1S/C13H11FN2O2S/c14-11-6-8-12(9-7-11)19(17,18)16-13(15)10-4-2-1-3-5-10/h1-9H,(H2,15,16). The highest BCUT2D eigenvalue weighted by molar-refractivity contribution is 7.90. The quantitative estimate of drug-likeness (QED) is 0.688. The van der Waals surface area contributed by atoms with E-state index >= 15 is 0 Å². The van der Waals surface area contributed by atoms with Crippen molar-refractivity contribution in [2.75, 3.05) is 0 Å². The minimum Gasteiger partial charge on any atom is -0.383 e. The molecule has 0 aromatic heterocycles. The van der Waals surface area contributed by atoms with E-state index in [-0.39, 0.29) is 10.7 Å². The Morgan fingerprint density at radius 2 is 1.58 bits per heavy atom. The summed E-state index contributed by atoms with van der Waals surface area (Å²) in [6.45, 7) is 0. The zero-order valence-electron chi connectivity index (χ0n) is 9.82. The number of halogens is 1. The van der Waals surface area contributed by atoms with Crippen LogP contribution in [0.4, 0.5) is 4.39 Å². The van der Waals surface area contributed by atoms with Gasteiger partial charge in [-0.2, -0.15) is 8.42 Å². The molecule has 0 radical (unpaired) electrons. The summed E-state index contributed by atoms with van der Waals surface area (Å²) in [6, 6.07) is 12.9. The van der Waals surface area contributed by atoms with Crippen LogP contribution in [0.5, 0.6) is 0 Å². The summed E-state index contributed by atoms with van der Waals surface area (Å²) in [7, 11) is -3.93. The molecule has 0 fully saturated rings. The summed E-state index contributed by atoms with van der Waals surface area (Å²) in [4.78, 5) is -0.104. The van der Waals surface area contributed by atoms with E-state index in [4.69, 9.17) is 5.73 Å². The highest BCUT2D eigenvalue weighted by atomic mass is 32.2. The summed E-state index contributed by atoms with van der Waals surface area (Å²) in [5.74, 6) is -0.621. The lowest BCUT2D eigenvalue weighted by Gasteiger charge is -2.02. The average Bonchev–Trinajstić information content (AvgIpc) is 2.40. The second-order valence-corrected chi connectivity index (χ2v) is 5.38. The van der Waals surface area contributed by atoms with Crippen LogP contribution >= 0.6 is 0 Å². The Hall–Kier alpha value is -2.21. The molecule has 2 aromatic rings. The Morgan fingerprint density at radius 1 is 1.00 bits per heavy atom. The van der Waals surface area contributed by atoms with E-state index in [9.17, 15) is 12.8 Å². The van der Waals surface area contributed by atoms with Crippen molar-refractivity contribution in [3.63, 3.8) is 0 Å². The summed E-state index contributed by atoms with van der Waals surface area (Å²) in [5, 5.41) is 0. The van der Waals surface area contributed by atoms with E-state index in [0.29, 0.717) is 5.56 Å². The maximum atomic E-state index is 12.7. The van der Waals surface area contributed by atoms with Crippen LogP contribution in [-0.2, 0) is 10.0 Å². The number of sulfonamides is 1. The van der Waals surface area contributed by atoms with Crippen LogP contribution in [-0.4, -0.2) is 14.3 Å². The second kappa shape index (κ2) is 5.19. The van der Waals surface area contributed by atoms with Crippen molar-refractivity contribution in [3.8, 4) is 0 Å². The molecular weight excluding hydrogens is 267 g/mol. The molecule has 19 heavy (non-hydrogen) atoms. The van der Waals surface area contributed by atoms with E-state index in [0.717, 1.165) is 24.3 Å². The van der Waals surface area contributed by atoms with Crippen LogP contribution in [0.2, 0.25) is 0 Å². The van der Waals surface area contributed by atoms with E-state index in [2.05, 4.69) is 4.40 Å². The molecule has 2 rings (SSSR count). The third-order valence-corrected chi connectivity index (χ3v) is 3.70. The Balaban J connectivity index is 2.39. The fraction of sp³-hybridized carbons (Fsp3) is 0. The minimum absolute atomic E-state index is 0.104. The van der Waals surface area contributed by atoms with Gasteiger partial charge in [-0.05, 0) is 24.3 Å². The number of nitrogens with two attached hydrogens (primary N) is 1. The third kappa shape index (κ3) is 3.17. The zero-order chi connectivity index (χ0) is 13.9. The minimum atomic E-state index is -3.93. The van der Waals surface area contributed by atoms with Gasteiger partial charge in [-0.25, -0.2) is 4.39 Å². The fourth-order valence-electron chi connectivity index (χ4n) is 1.45. The van der Waals surface area contributed by atoms with Gasteiger partial charge in [0, 0.05) is 5.56 Å². The summed E-state index contributed by atoms with van der Waals surface area (Å²) >= 11 is 0. The molecule has 0 saturated heterocycles. The maximum Gasteiger partial charge on any atom is 0.284 e. The van der Waals surface area contributed by atoms with Gasteiger partial charge in [-0.3, -0.25) is 0 Å². The normalized spacial score (nSPS) is 12.4. The third-order valence-electron chi connectivity index (χ3n) is 2.40. The summed E-state index contributed by atoms with van der Waals surface area (Å²) < 4.78 is 40.1. The SMILES string of the molecule is NC(=NS(=O)(=O)c1ccc(F)cc1)c1ccccc1. The first-order valence-electron chi connectivity index (χ1n) is 5.40. The van der Waals surface area contributed by atoms with Crippen molar-refractivity contribution in [2.45, 2.75) is 4.90 Å². The van der Waals surface area contributed by atoms with Crippen molar-refractivity contribution < 1.29 is 12.8 Å². The number of amidine groups is 1. The fourth-order valence-corrected chi connectivity index (χ4v) is 2.40. The molecule has 0 bridgehead atoms. The van der Waals surface area contributed by atoms with Gasteiger partial charge in [0.2, 0.25) is 0 Å². The van der Waals surface area contributed by atoms with Gasteiger partial charge in [0.15, 0.2) is 0 Å². The van der Waals surface area contributed by atoms with Crippen LogP contribution in [0, 0.1) is 5.82 Å². The lowest BCUT2D eigenvalue weighted by Crippen LogP contribution is -2.16. The monoisotopic (exact) mass is 278 g/mol. The average molecular weight is 278 g/mol. The lowest BCUT2D eigenvalue weighted by atomic mass is 10.2. The first kappa shape index (κ1) is 13.2. The molecule has 0 aliphatic rings. The Kier molecular flexibility index (Phi) is 3.62. The van der Waals surface area contributed by atoms with E-state index in [1.165, 1.54) is 0 Å². The molecular formula is C13H11FN2O2S. The van der Waals surface area contributed by atoms with Crippen LogP contribution in [0.15, 0.2) is 63.9 Å². The molecule has 0 atom stereocenters. The zero-order valence-corrected chi connectivity index (χ0v) is 10.6. The number of hydrogen-bond acceptors (Lipinski definition) is 2. The molecule has 0 heterocycles. The van der Waals surface area contributed by atoms with Gasteiger partial charge in [0.1, 0.15) is 11.7 Å². The molecule has 98 valence electrons. The van der Waals surface area contributed by atoms with Crippen LogP contribution < -0.4 is 5.73 Å². The Labute approximate surface area is 110 Å². The van der Waals surface area contributed by atoms with Crippen LogP contribution in [0.25, 0.3) is 0 Å². The Bertz CT molecular complexity index is 695. The van der Waals surface area contributed by atoms with Gasteiger partial charge in [-0.1, -0.05) is 30.3 Å². The predicted molar refractivity (Wildman–Crippen MR) is 70.8 cm³/mol. The van der Waals surface area contributed by atoms with E-state index in [1.54, 1.807) is 30.3 Å². The van der Waals surface area contributed by atoms with Crippen molar-refractivity contribution in [3.05, 3.63) is 66.0 Å². The van der Waals surface area contributed by atoms with Gasteiger partial charge in [0.25, 0.3) is 10.0 Å². The first-order chi connectivity index (χ1) is 8.99. The topological polar surface area (TPSA) is 72.5 Å². The highest BCUT2D eigenvalue weighted by Crippen LogP contribution is 2.13. The summed E-state index contributed by atoms with van der Waals surface area (Å²) in [5.41, 5.74) is 6.15. The molecule has 2 N–H and O–H groups in total. The lowest BCUT2D eigenvalue weighted by molar-refractivity contribution is 0.596. The van der Waals surface area contributed by atoms with E-state index in [1.807, 2.05) is 0 Å². The molecule has 0 amide bonds. The number of rotatable bonds is 3. The van der Waals surface area contributed by atoms with Crippen molar-refractivity contribution in [1.29, 1.82) is 0 Å². The number of hydrogen-bond donors (Lipinski definition) is 1. The van der Waals surface area contributed by atoms with Crippen molar-refractivity contribution in [1.82, 2.24) is 0 Å². The molecule has 6 heteroatoms. The second-order valence-electron chi connectivity index (χ2n) is 3.77. The molecule has 0 unspecified atom stereocenters. The van der Waals surface area contributed by atoms with Crippen molar-refractivity contribution in [2.24, 2.45) is 10.1 Å². The van der Waals surface area contributed by atoms with Crippen molar-refractivity contribution >= 4 is 15.9 Å². The maximum absolute atomic E-state index is 12.7. The molecule has 0 aliphatic heterocycles. The molecule has 2 aromatic carbocycles. The molecule has 0 spiro atoms. The van der Waals surface area contributed by atoms with Crippen LogP contribution in [0.1, 0.15) is 5.56 Å². The van der Waals surface area contributed by atoms with Crippen LogP contribution in [0.3, 0.4) is 0 Å². The predicted octanol–water partition coefficient (Wildman–Crippen LogP) is 1.92. The van der Waals surface area contributed by atoms with Gasteiger partial charge < -0.3 is 5.73 Å². The molecule has 0 saturated carbocycles. The van der Waals surface area contributed by atoms with Gasteiger partial charge >= 0.3 is 0 Å².